The Morgan fingerprint density at radius 2 is 2.04 bits per heavy atom. The van der Waals surface area contributed by atoms with Gasteiger partial charge in [0.1, 0.15) is 5.70 Å². The van der Waals surface area contributed by atoms with Gasteiger partial charge in [0.15, 0.2) is 12.1 Å². The number of ether oxygens (including phenoxy) is 3. The van der Waals surface area contributed by atoms with E-state index in [2.05, 4.69) is 5.32 Å². The summed E-state index contributed by atoms with van der Waals surface area (Å²) < 4.78 is 29.6. The highest BCUT2D eigenvalue weighted by atomic mass is 19.1. The lowest BCUT2D eigenvalue weighted by atomic mass is 10.1. The molecule has 1 aliphatic rings. The van der Waals surface area contributed by atoms with Crippen LogP contribution in [0.25, 0.3) is 0 Å². The number of carbonyl (C=O) groups excluding carboxylic acids is 2. The second-order valence-electron chi connectivity index (χ2n) is 5.43. The molecule has 1 aliphatic heterocycles. The van der Waals surface area contributed by atoms with Crippen molar-refractivity contribution in [1.29, 1.82) is 0 Å². The van der Waals surface area contributed by atoms with Crippen LogP contribution in [0.5, 0.6) is 0 Å². The molecular weight excluding hydrogens is 347 g/mol. The second-order valence-corrected chi connectivity index (χ2v) is 5.43. The number of methoxy groups -OCH3 is 3. The molecule has 1 heterocycles. The molecule has 0 saturated carbocycles. The number of carbonyl (C=O) groups is 2. The number of anilines is 1. The number of nitrogens with zero attached hydrogens (tertiary/aromatic N) is 1. The van der Waals surface area contributed by atoms with Crippen molar-refractivity contribution in [3.05, 3.63) is 40.8 Å². The van der Waals surface area contributed by atoms with E-state index < -0.39 is 24.0 Å². The molecule has 0 fully saturated rings. The number of β-amino-alcohol motifs (C(OH)–C–C–N with tert-alkyl or cyclic N) is 1. The van der Waals surface area contributed by atoms with Crippen LogP contribution in [-0.2, 0) is 23.8 Å². The van der Waals surface area contributed by atoms with Gasteiger partial charge in [-0.25, -0.2) is 9.18 Å². The number of aliphatic hydroxyl groups is 1. The van der Waals surface area contributed by atoms with Crippen LogP contribution < -0.4 is 5.32 Å². The first-order valence-electron chi connectivity index (χ1n) is 7.81. The van der Waals surface area contributed by atoms with Crippen LogP contribution in [0.2, 0.25) is 0 Å². The summed E-state index contributed by atoms with van der Waals surface area (Å²) in [5, 5.41) is 11.7. The highest BCUT2D eigenvalue weighted by molar-refractivity contribution is 6.08. The summed E-state index contributed by atoms with van der Waals surface area (Å²) >= 11 is 0. The van der Waals surface area contributed by atoms with Gasteiger partial charge in [0.2, 0.25) is 0 Å². The molecule has 2 N–H and O–H groups in total. The van der Waals surface area contributed by atoms with Crippen molar-refractivity contribution in [2.75, 3.05) is 46.3 Å². The molecule has 0 radical (unpaired) electrons. The van der Waals surface area contributed by atoms with Crippen LogP contribution in [0.4, 0.5) is 10.1 Å². The first kappa shape index (κ1) is 19.8. The Labute approximate surface area is 150 Å². The van der Waals surface area contributed by atoms with E-state index in [-0.39, 0.29) is 42.2 Å². The number of hydrogen-bond donors (Lipinski definition) is 2. The molecular formula is C17H21FN2O6. The normalized spacial score (nSPS) is 14.4. The molecule has 1 aromatic rings. The topological polar surface area (TPSA) is 97.3 Å². The molecule has 8 nitrogen and oxygen atoms in total. The Morgan fingerprint density at radius 1 is 1.35 bits per heavy atom. The van der Waals surface area contributed by atoms with Crippen molar-refractivity contribution in [3.63, 3.8) is 0 Å². The van der Waals surface area contributed by atoms with Crippen LogP contribution in [0.3, 0.4) is 0 Å². The molecule has 1 aromatic carbocycles. The highest BCUT2D eigenvalue weighted by Crippen LogP contribution is 2.29. The van der Waals surface area contributed by atoms with Crippen molar-refractivity contribution >= 4 is 17.6 Å². The first-order chi connectivity index (χ1) is 12.5. The van der Waals surface area contributed by atoms with E-state index in [0.29, 0.717) is 0 Å². The van der Waals surface area contributed by atoms with Crippen LogP contribution in [0.1, 0.15) is 11.9 Å². The van der Waals surface area contributed by atoms with Gasteiger partial charge >= 0.3 is 5.97 Å². The predicted octanol–water partition coefficient (Wildman–Crippen LogP) is 0.791. The third kappa shape index (κ3) is 3.85. The van der Waals surface area contributed by atoms with Gasteiger partial charge in [0.25, 0.3) is 5.91 Å². The molecule has 142 valence electrons. The minimum Gasteiger partial charge on any atom is -0.466 e. The number of rotatable bonds is 8. The number of esters is 1. The number of amides is 1. The van der Waals surface area contributed by atoms with Gasteiger partial charge in [-0.15, -0.1) is 0 Å². The molecule has 0 saturated heterocycles. The molecule has 0 aromatic heterocycles. The Kier molecular flexibility index (Phi) is 6.67. The SMILES string of the molecule is COC(=O)C1=C(Nc2cccc(C(OC)OC)c2F)C(=O)N(CCO)C1. The van der Waals surface area contributed by atoms with E-state index in [1.54, 1.807) is 6.07 Å². The highest BCUT2D eigenvalue weighted by Gasteiger charge is 2.35. The van der Waals surface area contributed by atoms with Gasteiger partial charge in [-0.05, 0) is 6.07 Å². The third-order valence-electron chi connectivity index (χ3n) is 3.92. The van der Waals surface area contributed by atoms with Gasteiger partial charge in [-0.1, -0.05) is 12.1 Å². The van der Waals surface area contributed by atoms with Crippen LogP contribution in [-0.4, -0.2) is 62.9 Å². The zero-order chi connectivity index (χ0) is 19.3. The molecule has 9 heteroatoms. The summed E-state index contributed by atoms with van der Waals surface area (Å²) in [5.41, 5.74) is 0.0913. The summed E-state index contributed by atoms with van der Waals surface area (Å²) in [6.07, 6.45) is -0.920. The van der Waals surface area contributed by atoms with Gasteiger partial charge in [-0.3, -0.25) is 4.79 Å². The van der Waals surface area contributed by atoms with Crippen molar-refractivity contribution in [3.8, 4) is 0 Å². The third-order valence-corrected chi connectivity index (χ3v) is 3.92. The van der Waals surface area contributed by atoms with E-state index in [0.717, 1.165) is 0 Å². The zero-order valence-electron chi connectivity index (χ0n) is 14.7. The summed E-state index contributed by atoms with van der Waals surface area (Å²) in [5.74, 6) is -1.91. The lowest BCUT2D eigenvalue weighted by molar-refractivity contribution is -0.136. The second kappa shape index (κ2) is 8.75. The standard InChI is InChI=1S/C17H21FN2O6/c1-24-16(23)11-9-20(7-8-21)15(22)14(11)19-12-6-4-5-10(13(12)18)17(25-2)26-3/h4-6,17,19,21H,7-9H2,1-3H3. The van der Waals surface area contributed by atoms with Crippen molar-refractivity contribution in [2.45, 2.75) is 6.29 Å². The average Bonchev–Trinajstić information content (AvgIpc) is 2.95. The van der Waals surface area contributed by atoms with Crippen LogP contribution in [0, 0.1) is 5.82 Å². The molecule has 0 unspecified atom stereocenters. The quantitative estimate of drug-likeness (QED) is 0.517. The Balaban J connectivity index is 2.39. The maximum atomic E-state index is 14.8. The minimum atomic E-state index is -0.920. The lowest BCUT2D eigenvalue weighted by Crippen LogP contribution is -2.31. The van der Waals surface area contributed by atoms with Crippen molar-refractivity contribution in [2.24, 2.45) is 0 Å². The van der Waals surface area contributed by atoms with Gasteiger partial charge in [0, 0.05) is 26.3 Å². The maximum Gasteiger partial charge on any atom is 0.337 e. The fourth-order valence-electron chi connectivity index (χ4n) is 2.66. The van der Waals surface area contributed by atoms with Gasteiger partial charge in [-0.2, -0.15) is 0 Å². The average molecular weight is 368 g/mol. The van der Waals surface area contributed by atoms with Crippen LogP contribution >= 0.6 is 0 Å². The lowest BCUT2D eigenvalue weighted by Gasteiger charge is -2.18. The zero-order valence-corrected chi connectivity index (χ0v) is 14.7. The fourth-order valence-corrected chi connectivity index (χ4v) is 2.66. The molecule has 0 aliphatic carbocycles. The Morgan fingerprint density at radius 3 is 2.62 bits per heavy atom. The molecule has 0 bridgehead atoms. The number of hydrogen-bond acceptors (Lipinski definition) is 7. The minimum absolute atomic E-state index is 0.0165. The Hall–Kier alpha value is -2.49. The van der Waals surface area contributed by atoms with E-state index >= 15 is 0 Å². The van der Waals surface area contributed by atoms with E-state index in [9.17, 15) is 14.0 Å². The maximum absolute atomic E-state index is 14.8. The fraction of sp³-hybridized carbons (Fsp3) is 0.412. The monoisotopic (exact) mass is 368 g/mol. The van der Waals surface area contributed by atoms with E-state index in [1.807, 2.05) is 0 Å². The van der Waals surface area contributed by atoms with Crippen molar-refractivity contribution in [1.82, 2.24) is 4.90 Å². The molecule has 26 heavy (non-hydrogen) atoms. The summed E-state index contributed by atoms with van der Waals surface area (Å²) in [7, 11) is 3.94. The summed E-state index contributed by atoms with van der Waals surface area (Å²) in [4.78, 5) is 25.7. The number of aliphatic hydroxyl groups excluding tert-OH is 1. The summed E-state index contributed by atoms with van der Waals surface area (Å²) in [6.45, 7) is -0.252. The first-order valence-corrected chi connectivity index (χ1v) is 7.81. The molecule has 0 spiro atoms. The number of nitrogens with one attached hydrogen (secondary N) is 1. The van der Waals surface area contributed by atoms with Crippen LogP contribution in [0.15, 0.2) is 29.5 Å². The predicted molar refractivity (Wildman–Crippen MR) is 89.5 cm³/mol. The van der Waals surface area contributed by atoms with E-state index in [1.165, 1.54) is 38.4 Å². The number of halogens is 1. The Bertz CT molecular complexity index is 717. The van der Waals surface area contributed by atoms with Crippen molar-refractivity contribution < 1.29 is 33.3 Å². The largest absolute Gasteiger partial charge is 0.466 e. The summed E-state index contributed by atoms with van der Waals surface area (Å²) in [6, 6.07) is 4.47. The smallest absolute Gasteiger partial charge is 0.337 e. The number of benzene rings is 1. The van der Waals surface area contributed by atoms with Gasteiger partial charge < -0.3 is 29.5 Å². The molecule has 0 atom stereocenters. The molecule has 2 rings (SSSR count). The van der Waals surface area contributed by atoms with E-state index in [4.69, 9.17) is 19.3 Å². The molecule has 1 amide bonds. The van der Waals surface area contributed by atoms with Gasteiger partial charge in [0.05, 0.1) is 31.5 Å².